The maximum Gasteiger partial charge on any atom is 0.147 e. The fourth-order valence-corrected chi connectivity index (χ4v) is 3.42. The second-order valence-corrected chi connectivity index (χ2v) is 5.74. The highest BCUT2D eigenvalue weighted by Gasteiger charge is 2.33. The Morgan fingerprint density at radius 1 is 1.42 bits per heavy atom. The Hall–Kier alpha value is -1.60. The molecule has 0 aliphatic carbocycles. The minimum atomic E-state index is 0.674. The van der Waals surface area contributed by atoms with Crippen LogP contribution in [0.15, 0.2) is 6.07 Å². The highest BCUT2D eigenvalue weighted by atomic mass is 15.2. The van der Waals surface area contributed by atoms with Gasteiger partial charge in [0.2, 0.25) is 0 Å². The largest absolute Gasteiger partial charge is 0.355 e. The van der Waals surface area contributed by atoms with Crippen molar-refractivity contribution in [3.63, 3.8) is 0 Å². The van der Waals surface area contributed by atoms with Crippen LogP contribution in [-0.2, 0) is 0 Å². The predicted octanol–water partition coefficient (Wildman–Crippen LogP) is 1.76. The zero-order valence-corrected chi connectivity index (χ0v) is 11.6. The number of fused-ring (bicyclic) bond motifs is 1. The molecule has 0 radical (unpaired) electrons. The first-order valence-electron chi connectivity index (χ1n) is 7.05. The SMILES string of the molecule is Cc1cc(C)c(C#N)c(N2CCC3NCCC3C2)n1. The van der Waals surface area contributed by atoms with Gasteiger partial charge in [-0.2, -0.15) is 5.26 Å². The van der Waals surface area contributed by atoms with Crippen molar-refractivity contribution in [3.05, 3.63) is 22.9 Å². The molecular formula is C15H20N4. The maximum absolute atomic E-state index is 9.38. The Labute approximate surface area is 114 Å². The number of hydrogen-bond donors (Lipinski definition) is 1. The number of aromatic nitrogens is 1. The Balaban J connectivity index is 1.92. The Kier molecular flexibility index (Phi) is 3.16. The Morgan fingerprint density at radius 3 is 3.05 bits per heavy atom. The average Bonchev–Trinajstić information content (AvgIpc) is 2.85. The molecule has 0 spiro atoms. The molecule has 100 valence electrons. The predicted molar refractivity (Wildman–Crippen MR) is 75.2 cm³/mol. The van der Waals surface area contributed by atoms with Gasteiger partial charge in [0, 0.05) is 24.8 Å². The lowest BCUT2D eigenvalue weighted by Crippen LogP contribution is -2.45. The van der Waals surface area contributed by atoms with Gasteiger partial charge in [0.15, 0.2) is 0 Å². The molecule has 1 aromatic rings. The molecular weight excluding hydrogens is 236 g/mol. The van der Waals surface area contributed by atoms with E-state index in [0.717, 1.165) is 48.7 Å². The number of nitriles is 1. The molecule has 2 saturated heterocycles. The van der Waals surface area contributed by atoms with Crippen molar-refractivity contribution in [1.82, 2.24) is 10.3 Å². The molecule has 2 fully saturated rings. The average molecular weight is 256 g/mol. The van der Waals surface area contributed by atoms with Crippen LogP contribution in [-0.4, -0.2) is 30.7 Å². The van der Waals surface area contributed by atoms with E-state index in [1.54, 1.807) is 0 Å². The van der Waals surface area contributed by atoms with Crippen LogP contribution in [0.5, 0.6) is 0 Å². The Bertz CT molecular complexity index is 532. The van der Waals surface area contributed by atoms with Crippen molar-refractivity contribution in [1.29, 1.82) is 5.26 Å². The molecule has 0 saturated carbocycles. The van der Waals surface area contributed by atoms with Gasteiger partial charge in [-0.25, -0.2) is 4.98 Å². The fourth-order valence-electron chi connectivity index (χ4n) is 3.42. The molecule has 0 aromatic carbocycles. The molecule has 0 amide bonds. The minimum Gasteiger partial charge on any atom is -0.355 e. The smallest absolute Gasteiger partial charge is 0.147 e. The summed E-state index contributed by atoms with van der Waals surface area (Å²) in [5.74, 6) is 1.60. The summed E-state index contributed by atoms with van der Waals surface area (Å²) in [5.41, 5.74) is 2.78. The summed E-state index contributed by atoms with van der Waals surface area (Å²) >= 11 is 0. The maximum atomic E-state index is 9.38. The minimum absolute atomic E-state index is 0.674. The summed E-state index contributed by atoms with van der Waals surface area (Å²) in [6.45, 7) is 7.16. The van der Waals surface area contributed by atoms with Crippen molar-refractivity contribution < 1.29 is 0 Å². The molecule has 19 heavy (non-hydrogen) atoms. The molecule has 2 aliphatic heterocycles. The molecule has 2 unspecified atom stereocenters. The molecule has 3 heterocycles. The van der Waals surface area contributed by atoms with Crippen molar-refractivity contribution >= 4 is 5.82 Å². The van der Waals surface area contributed by atoms with E-state index in [1.165, 1.54) is 6.42 Å². The van der Waals surface area contributed by atoms with Crippen LogP contribution in [0.4, 0.5) is 5.82 Å². The number of aryl methyl sites for hydroxylation is 2. The van der Waals surface area contributed by atoms with Crippen LogP contribution in [0.3, 0.4) is 0 Å². The molecule has 1 N–H and O–H groups in total. The first-order chi connectivity index (χ1) is 9.19. The van der Waals surface area contributed by atoms with Gasteiger partial charge in [0.25, 0.3) is 0 Å². The third kappa shape index (κ3) is 2.19. The van der Waals surface area contributed by atoms with Gasteiger partial charge in [0.05, 0.1) is 5.56 Å². The molecule has 2 atom stereocenters. The summed E-state index contributed by atoms with van der Waals surface area (Å²) < 4.78 is 0. The van der Waals surface area contributed by atoms with Gasteiger partial charge >= 0.3 is 0 Å². The molecule has 4 nitrogen and oxygen atoms in total. The first kappa shape index (κ1) is 12.4. The van der Waals surface area contributed by atoms with Gasteiger partial charge in [0.1, 0.15) is 11.9 Å². The molecule has 1 aromatic heterocycles. The standard InChI is InChI=1S/C15H20N4/c1-10-7-11(2)18-15(13(10)8-16)19-6-4-14-12(9-19)3-5-17-14/h7,12,14,17H,3-6,9H2,1-2H3. The third-order valence-electron chi connectivity index (χ3n) is 4.39. The quantitative estimate of drug-likeness (QED) is 0.832. The zero-order valence-electron chi connectivity index (χ0n) is 11.6. The number of piperidine rings is 1. The summed E-state index contributed by atoms with van der Waals surface area (Å²) in [4.78, 5) is 6.94. The summed E-state index contributed by atoms with van der Waals surface area (Å²) in [5, 5.41) is 12.9. The number of rotatable bonds is 1. The Morgan fingerprint density at radius 2 is 2.26 bits per heavy atom. The van der Waals surface area contributed by atoms with Gasteiger partial charge in [-0.05, 0) is 50.8 Å². The van der Waals surface area contributed by atoms with E-state index in [0.29, 0.717) is 12.0 Å². The van der Waals surface area contributed by atoms with Gasteiger partial charge in [-0.3, -0.25) is 0 Å². The molecule has 0 bridgehead atoms. The van der Waals surface area contributed by atoms with Crippen LogP contribution in [0, 0.1) is 31.1 Å². The lowest BCUT2D eigenvalue weighted by molar-refractivity contribution is 0.375. The van der Waals surface area contributed by atoms with Crippen molar-refractivity contribution in [2.45, 2.75) is 32.7 Å². The van der Waals surface area contributed by atoms with Crippen molar-refractivity contribution in [2.24, 2.45) is 5.92 Å². The van der Waals surface area contributed by atoms with E-state index >= 15 is 0 Å². The zero-order chi connectivity index (χ0) is 13.4. The van der Waals surface area contributed by atoms with Crippen LogP contribution in [0.2, 0.25) is 0 Å². The number of nitrogens with zero attached hydrogens (tertiary/aromatic N) is 3. The van der Waals surface area contributed by atoms with E-state index in [2.05, 4.69) is 21.3 Å². The van der Waals surface area contributed by atoms with Crippen molar-refractivity contribution in [2.75, 3.05) is 24.5 Å². The van der Waals surface area contributed by atoms with Crippen LogP contribution < -0.4 is 10.2 Å². The second-order valence-electron chi connectivity index (χ2n) is 5.74. The first-order valence-corrected chi connectivity index (χ1v) is 7.05. The molecule has 3 rings (SSSR count). The number of anilines is 1. The summed E-state index contributed by atoms with van der Waals surface area (Å²) in [6.07, 6.45) is 2.40. The van der Waals surface area contributed by atoms with E-state index in [9.17, 15) is 5.26 Å². The number of nitrogens with one attached hydrogen (secondary N) is 1. The normalized spacial score (nSPS) is 26.1. The number of pyridine rings is 1. The highest BCUT2D eigenvalue weighted by molar-refractivity contribution is 5.58. The molecule has 4 heteroatoms. The topological polar surface area (TPSA) is 52.0 Å². The van der Waals surface area contributed by atoms with Gasteiger partial charge < -0.3 is 10.2 Å². The van der Waals surface area contributed by atoms with Crippen LogP contribution >= 0.6 is 0 Å². The van der Waals surface area contributed by atoms with E-state index in [-0.39, 0.29) is 0 Å². The van der Waals surface area contributed by atoms with E-state index < -0.39 is 0 Å². The van der Waals surface area contributed by atoms with Crippen LogP contribution in [0.1, 0.15) is 29.7 Å². The summed E-state index contributed by atoms with van der Waals surface area (Å²) in [7, 11) is 0. The van der Waals surface area contributed by atoms with E-state index in [1.807, 2.05) is 19.9 Å². The lowest BCUT2D eigenvalue weighted by atomic mass is 9.93. The van der Waals surface area contributed by atoms with Gasteiger partial charge in [-0.1, -0.05) is 0 Å². The summed E-state index contributed by atoms with van der Waals surface area (Å²) in [6, 6.07) is 4.99. The van der Waals surface area contributed by atoms with Crippen LogP contribution in [0.25, 0.3) is 0 Å². The van der Waals surface area contributed by atoms with E-state index in [4.69, 9.17) is 0 Å². The molecule has 2 aliphatic rings. The van der Waals surface area contributed by atoms with Gasteiger partial charge in [-0.15, -0.1) is 0 Å². The monoisotopic (exact) mass is 256 g/mol. The lowest BCUT2D eigenvalue weighted by Gasteiger charge is -2.36. The third-order valence-corrected chi connectivity index (χ3v) is 4.39. The van der Waals surface area contributed by atoms with Crippen molar-refractivity contribution in [3.8, 4) is 6.07 Å². The highest BCUT2D eigenvalue weighted by Crippen LogP contribution is 2.30. The fraction of sp³-hybridized carbons (Fsp3) is 0.600. The second kappa shape index (κ2) is 4.82. The number of hydrogen-bond acceptors (Lipinski definition) is 4.